The largest absolute Gasteiger partial charge is 0.491 e. The Hall–Kier alpha value is -3.03. The molecule has 0 aliphatic carbocycles. The zero-order chi connectivity index (χ0) is 19.9. The minimum absolute atomic E-state index is 0.0584. The fraction of sp³-hybridized carbons (Fsp3) is 0.0952. The van der Waals surface area contributed by atoms with Crippen molar-refractivity contribution in [3.63, 3.8) is 0 Å². The average Bonchev–Trinajstić information content (AvgIpc) is 2.73. The zero-order valence-corrected chi connectivity index (χ0v) is 16.2. The molecule has 2 aromatic carbocycles. The van der Waals surface area contributed by atoms with Gasteiger partial charge in [-0.1, -0.05) is 53.7 Å². The van der Waals surface area contributed by atoms with Crippen molar-refractivity contribution in [2.75, 3.05) is 13.2 Å². The molecule has 0 fully saturated rings. The van der Waals surface area contributed by atoms with Gasteiger partial charge in [-0.3, -0.25) is 0 Å². The molecule has 0 saturated carbocycles. The molecule has 1 aromatic heterocycles. The Bertz CT molecular complexity index is 1060. The summed E-state index contributed by atoms with van der Waals surface area (Å²) in [5, 5.41) is 19.2. The number of hydrogen-bond acceptors (Lipinski definition) is 5. The minimum atomic E-state index is -0.0811. The monoisotopic (exact) mass is 407 g/mol. The molecule has 3 aromatic rings. The van der Waals surface area contributed by atoms with Crippen LogP contribution >= 0.6 is 23.4 Å². The Kier molecular flexibility index (Phi) is 6.52. The Morgan fingerprint density at radius 1 is 1.18 bits per heavy atom. The van der Waals surface area contributed by atoms with E-state index in [1.54, 1.807) is 24.3 Å². The summed E-state index contributed by atoms with van der Waals surface area (Å²) in [6.07, 6.45) is 0. The molecular formula is C21H14ClN3O2S. The number of aromatic nitrogens is 1. The quantitative estimate of drug-likeness (QED) is 0.440. The van der Waals surface area contributed by atoms with Crippen molar-refractivity contribution in [3.05, 3.63) is 76.7 Å². The molecular weight excluding hydrogens is 394 g/mol. The van der Waals surface area contributed by atoms with Crippen molar-refractivity contribution in [2.24, 2.45) is 0 Å². The first-order valence-corrected chi connectivity index (χ1v) is 9.45. The molecule has 28 heavy (non-hydrogen) atoms. The fourth-order valence-electron chi connectivity index (χ4n) is 2.57. The molecule has 0 amide bonds. The normalized spacial score (nSPS) is 10.1. The highest BCUT2D eigenvalue weighted by Gasteiger charge is 2.21. The van der Waals surface area contributed by atoms with Crippen LogP contribution in [0.5, 0.6) is 5.75 Å². The number of nitriles is 1. The third kappa shape index (κ3) is 4.27. The van der Waals surface area contributed by atoms with Crippen molar-refractivity contribution in [3.8, 4) is 22.9 Å². The number of ether oxygens (including phenoxy) is 1. The molecule has 0 bridgehead atoms. The summed E-state index contributed by atoms with van der Waals surface area (Å²) in [5.41, 5.74) is 1.55. The number of hydrogen-bond donors (Lipinski definition) is 1. The van der Waals surface area contributed by atoms with Crippen LogP contribution in [0.1, 0.15) is 5.56 Å². The smallest absolute Gasteiger partial charge is 0.232 e. The molecule has 5 nitrogen and oxygen atoms in total. The van der Waals surface area contributed by atoms with Crippen LogP contribution in [0.3, 0.4) is 0 Å². The van der Waals surface area contributed by atoms with Crippen LogP contribution in [0, 0.1) is 17.9 Å². The number of aliphatic hydroxyl groups excluding tert-OH is 1. The first-order valence-electron chi connectivity index (χ1n) is 8.26. The van der Waals surface area contributed by atoms with E-state index >= 15 is 0 Å². The highest BCUT2D eigenvalue weighted by molar-refractivity contribution is 7.99. The van der Waals surface area contributed by atoms with Gasteiger partial charge in [-0.05, 0) is 29.8 Å². The number of pyridine rings is 1. The van der Waals surface area contributed by atoms with Crippen LogP contribution in [-0.4, -0.2) is 23.3 Å². The van der Waals surface area contributed by atoms with Gasteiger partial charge in [0.1, 0.15) is 28.6 Å². The molecule has 1 N–H and O–H groups in total. The molecule has 0 saturated heterocycles. The lowest BCUT2D eigenvalue weighted by atomic mass is 10.0. The highest BCUT2D eigenvalue weighted by Crippen LogP contribution is 2.43. The second-order valence-corrected chi connectivity index (χ2v) is 6.96. The summed E-state index contributed by atoms with van der Waals surface area (Å²) < 4.78 is 5.37. The van der Waals surface area contributed by atoms with E-state index in [-0.39, 0.29) is 24.1 Å². The van der Waals surface area contributed by atoms with Crippen molar-refractivity contribution >= 4 is 29.1 Å². The third-order valence-corrected chi connectivity index (χ3v) is 5.04. The predicted octanol–water partition coefficient (Wildman–Crippen LogP) is 5.35. The number of halogens is 1. The molecule has 0 unspecified atom stereocenters. The number of nitrogens with zero attached hydrogens (tertiary/aromatic N) is 3. The SMILES string of the molecule is [C-]#[N+]c1c(Cl)nc(Sc2ccccc2)c(C#N)c1-c1ccc(OCCO)cc1. The maximum atomic E-state index is 9.82. The van der Waals surface area contributed by atoms with Gasteiger partial charge in [0.2, 0.25) is 5.69 Å². The first-order chi connectivity index (χ1) is 13.7. The van der Waals surface area contributed by atoms with E-state index < -0.39 is 0 Å². The molecule has 0 radical (unpaired) electrons. The Labute approximate surface area is 172 Å². The number of aliphatic hydroxyl groups is 1. The summed E-state index contributed by atoms with van der Waals surface area (Å²) in [6.45, 7) is 7.61. The van der Waals surface area contributed by atoms with E-state index in [1.807, 2.05) is 30.3 Å². The standard InChI is InChI=1S/C21H14ClN3O2S/c1-24-19-18(14-7-9-15(10-8-14)27-12-11-26)17(13-23)21(25-20(19)22)28-16-5-3-2-4-6-16/h2-10,26H,11-12H2. The fourth-order valence-corrected chi connectivity index (χ4v) is 3.74. The van der Waals surface area contributed by atoms with Gasteiger partial charge < -0.3 is 9.84 Å². The Balaban J connectivity index is 2.11. The second-order valence-electron chi connectivity index (χ2n) is 5.54. The summed E-state index contributed by atoms with van der Waals surface area (Å²) in [7, 11) is 0. The van der Waals surface area contributed by atoms with Crippen LogP contribution in [0.25, 0.3) is 16.0 Å². The van der Waals surface area contributed by atoms with Gasteiger partial charge in [0.25, 0.3) is 0 Å². The Morgan fingerprint density at radius 3 is 2.50 bits per heavy atom. The summed E-state index contributed by atoms with van der Waals surface area (Å²) >= 11 is 7.60. The van der Waals surface area contributed by atoms with Gasteiger partial charge in [-0.15, -0.1) is 0 Å². The lowest BCUT2D eigenvalue weighted by molar-refractivity contribution is 0.201. The molecule has 1 heterocycles. The van der Waals surface area contributed by atoms with E-state index in [2.05, 4.69) is 15.9 Å². The highest BCUT2D eigenvalue weighted by atomic mass is 35.5. The van der Waals surface area contributed by atoms with Gasteiger partial charge in [0.05, 0.1) is 18.7 Å². The van der Waals surface area contributed by atoms with Crippen LogP contribution in [0.2, 0.25) is 5.15 Å². The Morgan fingerprint density at radius 2 is 1.89 bits per heavy atom. The molecule has 138 valence electrons. The minimum Gasteiger partial charge on any atom is -0.491 e. The molecule has 0 aliphatic rings. The van der Waals surface area contributed by atoms with E-state index in [0.29, 0.717) is 27.5 Å². The van der Waals surface area contributed by atoms with E-state index in [1.165, 1.54) is 11.8 Å². The predicted molar refractivity (Wildman–Crippen MR) is 109 cm³/mol. The van der Waals surface area contributed by atoms with Crippen LogP contribution in [0.15, 0.2) is 64.5 Å². The molecule has 0 aliphatic heterocycles. The lowest BCUT2D eigenvalue weighted by Crippen LogP contribution is -2.01. The maximum Gasteiger partial charge on any atom is 0.232 e. The second kappa shape index (κ2) is 9.25. The van der Waals surface area contributed by atoms with Crippen molar-refractivity contribution < 1.29 is 9.84 Å². The van der Waals surface area contributed by atoms with Gasteiger partial charge in [-0.25, -0.2) is 9.83 Å². The molecule has 0 spiro atoms. The van der Waals surface area contributed by atoms with E-state index in [9.17, 15) is 5.26 Å². The van der Waals surface area contributed by atoms with E-state index in [4.69, 9.17) is 28.0 Å². The zero-order valence-electron chi connectivity index (χ0n) is 14.6. The number of rotatable bonds is 6. The van der Waals surface area contributed by atoms with Crippen molar-refractivity contribution in [1.82, 2.24) is 4.98 Å². The lowest BCUT2D eigenvalue weighted by Gasteiger charge is -2.13. The van der Waals surface area contributed by atoms with Crippen LogP contribution < -0.4 is 4.74 Å². The van der Waals surface area contributed by atoms with Gasteiger partial charge in [-0.2, -0.15) is 5.26 Å². The maximum absolute atomic E-state index is 9.82. The van der Waals surface area contributed by atoms with Gasteiger partial charge >= 0.3 is 0 Å². The van der Waals surface area contributed by atoms with Gasteiger partial charge in [0.15, 0.2) is 0 Å². The van der Waals surface area contributed by atoms with Crippen LogP contribution in [0.4, 0.5) is 5.69 Å². The number of benzene rings is 2. The summed E-state index contributed by atoms with van der Waals surface area (Å²) in [6, 6.07) is 18.7. The van der Waals surface area contributed by atoms with Gasteiger partial charge in [0, 0.05) is 10.5 Å². The topological polar surface area (TPSA) is 70.5 Å². The summed E-state index contributed by atoms with van der Waals surface area (Å²) in [5.74, 6) is 0.583. The average molecular weight is 408 g/mol. The molecule has 0 atom stereocenters. The third-order valence-electron chi connectivity index (χ3n) is 3.78. The van der Waals surface area contributed by atoms with Crippen LogP contribution in [-0.2, 0) is 0 Å². The first kappa shape index (κ1) is 19.7. The van der Waals surface area contributed by atoms with Crippen molar-refractivity contribution in [1.29, 1.82) is 5.26 Å². The molecule has 3 rings (SSSR count). The molecule has 7 heteroatoms. The van der Waals surface area contributed by atoms with E-state index in [0.717, 1.165) is 4.90 Å². The van der Waals surface area contributed by atoms with Crippen molar-refractivity contribution in [2.45, 2.75) is 9.92 Å². The summed E-state index contributed by atoms with van der Waals surface area (Å²) in [4.78, 5) is 8.71.